The molecular weight excluding hydrogens is 374 g/mol. The van der Waals surface area contributed by atoms with E-state index in [1.54, 1.807) is 28.4 Å². The lowest BCUT2D eigenvalue weighted by molar-refractivity contribution is 0.0614. The summed E-state index contributed by atoms with van der Waals surface area (Å²) < 4.78 is 3.66. The van der Waals surface area contributed by atoms with Crippen LogP contribution in [-0.4, -0.2) is 55.0 Å². The molecule has 0 bridgehead atoms. The maximum absolute atomic E-state index is 13.0. The minimum absolute atomic E-state index is 0. The van der Waals surface area contributed by atoms with E-state index in [9.17, 15) is 4.79 Å². The summed E-state index contributed by atoms with van der Waals surface area (Å²) in [6.45, 7) is 2.69. The number of piperazine rings is 1. The molecule has 8 nitrogen and oxygen atoms in total. The molecule has 0 spiro atoms. The van der Waals surface area contributed by atoms with Crippen LogP contribution in [0.2, 0.25) is 0 Å². The smallest absolute Gasteiger partial charge is 0.276 e. The van der Waals surface area contributed by atoms with Crippen LogP contribution < -0.4 is 5.32 Å². The average Bonchev–Trinajstić information content (AvgIpc) is 3.37. The number of hydrogen-bond acceptors (Lipinski definition) is 6. The molecule has 0 aromatic carbocycles. The summed E-state index contributed by atoms with van der Waals surface area (Å²) in [5.74, 6) is 0.762. The first kappa shape index (κ1) is 18.6. The highest BCUT2D eigenvalue weighted by atomic mass is 35.5. The van der Waals surface area contributed by atoms with E-state index in [0.29, 0.717) is 25.3 Å². The number of amides is 1. The van der Waals surface area contributed by atoms with Gasteiger partial charge in [0, 0.05) is 44.0 Å². The number of halogens is 1. The molecule has 4 heterocycles. The highest BCUT2D eigenvalue weighted by molar-refractivity contribution is 7.09. The van der Waals surface area contributed by atoms with Crippen LogP contribution in [0.4, 0.5) is 0 Å². The van der Waals surface area contributed by atoms with E-state index in [4.69, 9.17) is 0 Å². The van der Waals surface area contributed by atoms with Gasteiger partial charge in [0.15, 0.2) is 5.69 Å². The monoisotopic (exact) mass is 393 g/mol. The van der Waals surface area contributed by atoms with Crippen LogP contribution in [0, 0.1) is 0 Å². The first-order chi connectivity index (χ1) is 12.2. The van der Waals surface area contributed by atoms with E-state index in [1.165, 1.54) is 4.88 Å². The van der Waals surface area contributed by atoms with Crippen LogP contribution in [0.5, 0.6) is 0 Å². The molecule has 1 unspecified atom stereocenters. The van der Waals surface area contributed by atoms with Crippen LogP contribution in [-0.2, 0) is 13.6 Å². The SMILES string of the molecule is Cl.Cn1ccnc1C1CNCCN1C(=O)c1cn(Cc2cccs2)nn1. The van der Waals surface area contributed by atoms with Crippen molar-refractivity contribution in [3.63, 3.8) is 0 Å². The summed E-state index contributed by atoms with van der Waals surface area (Å²) >= 11 is 1.66. The fraction of sp³-hybridized carbons (Fsp3) is 0.375. The Labute approximate surface area is 161 Å². The maximum Gasteiger partial charge on any atom is 0.276 e. The third-order valence-corrected chi connectivity index (χ3v) is 5.18. The molecule has 3 aromatic heterocycles. The summed E-state index contributed by atoms with van der Waals surface area (Å²) in [7, 11) is 1.94. The van der Waals surface area contributed by atoms with E-state index < -0.39 is 0 Å². The van der Waals surface area contributed by atoms with Gasteiger partial charge in [-0.1, -0.05) is 11.3 Å². The molecule has 1 saturated heterocycles. The van der Waals surface area contributed by atoms with E-state index in [-0.39, 0.29) is 24.4 Å². The number of carbonyl (C=O) groups is 1. The Morgan fingerprint density at radius 3 is 3.08 bits per heavy atom. The van der Waals surface area contributed by atoms with E-state index in [1.807, 2.05) is 40.2 Å². The zero-order valence-corrected chi connectivity index (χ0v) is 15.9. The molecular formula is C16H20ClN7OS. The number of rotatable bonds is 4. The van der Waals surface area contributed by atoms with Crippen LogP contribution in [0.15, 0.2) is 36.1 Å². The number of carbonyl (C=O) groups excluding carboxylic acids is 1. The van der Waals surface area contributed by atoms with Crippen molar-refractivity contribution in [3.05, 3.63) is 52.5 Å². The van der Waals surface area contributed by atoms with Gasteiger partial charge < -0.3 is 14.8 Å². The molecule has 1 amide bonds. The van der Waals surface area contributed by atoms with Gasteiger partial charge in [-0.3, -0.25) is 4.79 Å². The topological polar surface area (TPSA) is 80.9 Å². The van der Waals surface area contributed by atoms with Gasteiger partial charge in [0.1, 0.15) is 11.9 Å². The molecule has 3 aromatic rings. The quantitative estimate of drug-likeness (QED) is 0.723. The molecule has 1 aliphatic rings. The highest BCUT2D eigenvalue weighted by Gasteiger charge is 2.32. The molecule has 26 heavy (non-hydrogen) atoms. The second kappa shape index (κ2) is 7.98. The summed E-state index contributed by atoms with van der Waals surface area (Å²) in [5, 5.41) is 13.5. The highest BCUT2D eigenvalue weighted by Crippen LogP contribution is 2.22. The summed E-state index contributed by atoms with van der Waals surface area (Å²) in [6, 6.07) is 3.94. The van der Waals surface area contributed by atoms with Gasteiger partial charge in [-0.2, -0.15) is 0 Å². The fourth-order valence-corrected chi connectivity index (χ4v) is 3.76. The molecule has 1 aliphatic heterocycles. The van der Waals surface area contributed by atoms with Crippen LogP contribution in [0.25, 0.3) is 0 Å². The fourth-order valence-electron chi connectivity index (χ4n) is 3.06. The van der Waals surface area contributed by atoms with Gasteiger partial charge >= 0.3 is 0 Å². The third-order valence-electron chi connectivity index (χ3n) is 4.32. The van der Waals surface area contributed by atoms with Crippen molar-refractivity contribution in [2.75, 3.05) is 19.6 Å². The number of thiophene rings is 1. The van der Waals surface area contributed by atoms with Crippen molar-refractivity contribution in [1.29, 1.82) is 0 Å². The zero-order chi connectivity index (χ0) is 17.2. The standard InChI is InChI=1S/C16H19N7OS.ClH/c1-21-6-5-18-15(21)14-9-17-4-7-23(14)16(24)13-11-22(20-19-13)10-12-3-2-8-25-12;/h2-3,5-6,8,11,14,17H,4,7,9-10H2,1H3;1H. The van der Waals surface area contributed by atoms with Gasteiger partial charge in [-0.05, 0) is 11.4 Å². The second-order valence-electron chi connectivity index (χ2n) is 6.00. The molecule has 138 valence electrons. The van der Waals surface area contributed by atoms with Crippen molar-refractivity contribution in [1.82, 2.24) is 34.8 Å². The Kier molecular flexibility index (Phi) is 5.70. The van der Waals surface area contributed by atoms with Crippen molar-refractivity contribution < 1.29 is 4.79 Å². The number of aryl methyl sites for hydroxylation is 1. The first-order valence-electron chi connectivity index (χ1n) is 8.14. The number of nitrogens with one attached hydrogen (secondary N) is 1. The Hall–Kier alpha value is -2.23. The number of imidazole rings is 1. The van der Waals surface area contributed by atoms with E-state index in [2.05, 4.69) is 20.6 Å². The zero-order valence-electron chi connectivity index (χ0n) is 14.3. The molecule has 1 fully saturated rings. The Balaban J connectivity index is 0.00000196. The predicted octanol–water partition coefficient (Wildman–Crippen LogP) is 1.33. The lowest BCUT2D eigenvalue weighted by Gasteiger charge is -2.35. The maximum atomic E-state index is 13.0. The lowest BCUT2D eigenvalue weighted by Crippen LogP contribution is -2.49. The van der Waals surface area contributed by atoms with Gasteiger partial charge in [0.25, 0.3) is 5.91 Å². The Morgan fingerprint density at radius 1 is 1.46 bits per heavy atom. The molecule has 0 radical (unpaired) electrons. The molecule has 4 rings (SSSR count). The van der Waals surface area contributed by atoms with Crippen LogP contribution in [0.3, 0.4) is 0 Å². The van der Waals surface area contributed by atoms with E-state index in [0.717, 1.165) is 12.4 Å². The molecule has 10 heteroatoms. The van der Waals surface area contributed by atoms with Gasteiger partial charge in [0.2, 0.25) is 0 Å². The van der Waals surface area contributed by atoms with Crippen LogP contribution in [0.1, 0.15) is 27.2 Å². The largest absolute Gasteiger partial charge is 0.336 e. The molecule has 1 atom stereocenters. The first-order valence-corrected chi connectivity index (χ1v) is 9.02. The third kappa shape index (κ3) is 3.64. The van der Waals surface area contributed by atoms with Crippen LogP contribution >= 0.6 is 23.7 Å². The predicted molar refractivity (Wildman–Crippen MR) is 101 cm³/mol. The number of aromatic nitrogens is 5. The molecule has 1 N–H and O–H groups in total. The van der Waals surface area contributed by atoms with E-state index >= 15 is 0 Å². The molecule has 0 aliphatic carbocycles. The minimum atomic E-state index is -0.108. The Morgan fingerprint density at radius 2 is 2.35 bits per heavy atom. The number of nitrogens with zero attached hydrogens (tertiary/aromatic N) is 6. The minimum Gasteiger partial charge on any atom is -0.336 e. The lowest BCUT2D eigenvalue weighted by atomic mass is 10.1. The average molecular weight is 394 g/mol. The normalized spacial score (nSPS) is 17.1. The second-order valence-corrected chi connectivity index (χ2v) is 7.03. The van der Waals surface area contributed by atoms with Gasteiger partial charge in [-0.25, -0.2) is 9.67 Å². The van der Waals surface area contributed by atoms with Gasteiger partial charge in [0.05, 0.1) is 12.7 Å². The summed E-state index contributed by atoms with van der Waals surface area (Å²) in [6.07, 6.45) is 5.37. The van der Waals surface area contributed by atoms with Crippen molar-refractivity contribution in [3.8, 4) is 0 Å². The summed E-state index contributed by atoms with van der Waals surface area (Å²) in [4.78, 5) is 20.4. The molecule has 0 saturated carbocycles. The Bertz CT molecular complexity index is 860. The number of hydrogen-bond donors (Lipinski definition) is 1. The summed E-state index contributed by atoms with van der Waals surface area (Å²) in [5.41, 5.74) is 0.373. The van der Waals surface area contributed by atoms with Crippen molar-refractivity contribution >= 4 is 29.7 Å². The van der Waals surface area contributed by atoms with Crippen molar-refractivity contribution in [2.45, 2.75) is 12.6 Å². The van der Waals surface area contributed by atoms with Gasteiger partial charge in [-0.15, -0.1) is 28.8 Å². The van der Waals surface area contributed by atoms with Crippen molar-refractivity contribution in [2.24, 2.45) is 7.05 Å².